The van der Waals surface area contributed by atoms with Crippen LogP contribution in [0.15, 0.2) is 12.3 Å². The van der Waals surface area contributed by atoms with Crippen molar-refractivity contribution in [2.45, 2.75) is 25.2 Å². The van der Waals surface area contributed by atoms with Crippen LogP contribution in [0.4, 0.5) is 35.7 Å². The van der Waals surface area contributed by atoms with Gasteiger partial charge in [-0.2, -0.15) is 18.2 Å². The highest BCUT2D eigenvalue weighted by molar-refractivity contribution is 5.90. The molecule has 0 aliphatic carbocycles. The minimum Gasteiger partial charge on any atom is -0.444 e. The fourth-order valence-electron chi connectivity index (χ4n) is 3.29. The molecular formula is C18H19F3N7O3. The Morgan fingerprint density at radius 1 is 1.23 bits per heavy atom. The van der Waals surface area contributed by atoms with Crippen molar-refractivity contribution in [1.82, 2.24) is 19.9 Å². The zero-order chi connectivity index (χ0) is 22.3. The Bertz CT molecular complexity index is 998. The van der Waals surface area contributed by atoms with Gasteiger partial charge in [-0.15, -0.1) is 0 Å². The molecule has 0 unspecified atom stereocenters. The van der Waals surface area contributed by atoms with E-state index in [2.05, 4.69) is 26.9 Å². The predicted octanol–water partition coefficient (Wildman–Crippen LogP) is 1.92. The van der Waals surface area contributed by atoms with Crippen molar-refractivity contribution in [2.75, 3.05) is 41.8 Å². The number of alkyl halides is 3. The Hall–Kier alpha value is -3.22. The molecular weight excluding hydrogens is 419 g/mol. The van der Waals surface area contributed by atoms with E-state index in [0.717, 1.165) is 6.20 Å². The number of nitrogen functional groups attached to an aromatic ring is 1. The first-order chi connectivity index (χ1) is 14.6. The minimum atomic E-state index is -4.80. The molecule has 4 rings (SSSR count). The van der Waals surface area contributed by atoms with Crippen LogP contribution in [0.25, 0.3) is 11.3 Å². The van der Waals surface area contributed by atoms with Gasteiger partial charge in [0.1, 0.15) is 11.9 Å². The fraction of sp³-hybridized carbons (Fsp3) is 0.444. The number of hydrogen-bond donors (Lipinski definition) is 1. The zero-order valence-electron chi connectivity index (χ0n) is 16.5. The van der Waals surface area contributed by atoms with Crippen LogP contribution in [0.5, 0.6) is 0 Å². The molecule has 0 aromatic carbocycles. The maximum Gasteiger partial charge on any atom is 0.434 e. The summed E-state index contributed by atoms with van der Waals surface area (Å²) in [6.45, 7) is 7.24. The summed E-state index contributed by atoms with van der Waals surface area (Å²) >= 11 is 0. The van der Waals surface area contributed by atoms with Crippen molar-refractivity contribution >= 4 is 23.8 Å². The molecule has 0 spiro atoms. The lowest BCUT2D eigenvalue weighted by Crippen LogP contribution is -2.38. The molecule has 0 bridgehead atoms. The fourth-order valence-corrected chi connectivity index (χ4v) is 3.29. The molecule has 1 radical (unpaired) electrons. The smallest absolute Gasteiger partial charge is 0.434 e. The summed E-state index contributed by atoms with van der Waals surface area (Å²) in [5, 5.41) is 0. The molecule has 0 saturated carbocycles. The van der Waals surface area contributed by atoms with E-state index in [-0.39, 0.29) is 23.0 Å². The highest BCUT2D eigenvalue weighted by atomic mass is 19.4. The first-order valence-electron chi connectivity index (χ1n) is 9.40. The number of carbonyl (C=O) groups excluding carboxylic acids is 1. The Morgan fingerprint density at radius 3 is 2.55 bits per heavy atom. The van der Waals surface area contributed by atoms with Crippen LogP contribution in [-0.4, -0.2) is 64.5 Å². The second-order valence-corrected chi connectivity index (χ2v) is 7.03. The quantitative estimate of drug-likeness (QED) is 0.766. The van der Waals surface area contributed by atoms with Gasteiger partial charge in [0.15, 0.2) is 5.69 Å². The second-order valence-electron chi connectivity index (χ2n) is 7.03. The molecule has 2 atom stereocenters. The van der Waals surface area contributed by atoms with Gasteiger partial charge in [0, 0.05) is 30.9 Å². The van der Waals surface area contributed by atoms with Crippen molar-refractivity contribution in [1.29, 1.82) is 0 Å². The van der Waals surface area contributed by atoms with E-state index < -0.39 is 36.1 Å². The number of amides is 1. The van der Waals surface area contributed by atoms with E-state index in [9.17, 15) is 18.0 Å². The van der Waals surface area contributed by atoms with Crippen molar-refractivity contribution in [3.8, 4) is 11.3 Å². The molecule has 1 amide bonds. The molecule has 165 valence electrons. The lowest BCUT2D eigenvalue weighted by atomic mass is 10.1. The molecule has 2 saturated heterocycles. The number of nitrogens with zero attached hydrogens (tertiary/aromatic N) is 6. The highest BCUT2D eigenvalue weighted by Crippen LogP contribution is 2.37. The molecule has 10 nitrogen and oxygen atoms in total. The normalized spacial score (nSPS) is 22.0. The summed E-state index contributed by atoms with van der Waals surface area (Å²) in [6.07, 6.45) is -5.07. The number of carbonyl (C=O) groups is 1. The monoisotopic (exact) mass is 438 g/mol. The maximum atomic E-state index is 13.6. The summed E-state index contributed by atoms with van der Waals surface area (Å²) < 4.78 is 51.4. The summed E-state index contributed by atoms with van der Waals surface area (Å²) in [4.78, 5) is 31.1. The Kier molecular flexibility index (Phi) is 5.29. The van der Waals surface area contributed by atoms with Gasteiger partial charge in [-0.1, -0.05) is 0 Å². The third-order valence-corrected chi connectivity index (χ3v) is 4.95. The average Bonchev–Trinajstić information content (AvgIpc) is 2.99. The van der Waals surface area contributed by atoms with Crippen molar-refractivity contribution in [3.63, 3.8) is 0 Å². The van der Waals surface area contributed by atoms with Crippen LogP contribution < -0.4 is 15.5 Å². The van der Waals surface area contributed by atoms with E-state index in [1.165, 1.54) is 11.0 Å². The average molecular weight is 438 g/mol. The number of anilines is 3. The lowest BCUT2D eigenvalue weighted by Gasteiger charge is -2.28. The number of halogens is 3. The number of ether oxygens (including phenoxy) is 2. The van der Waals surface area contributed by atoms with E-state index in [0.29, 0.717) is 26.3 Å². The molecule has 2 aliphatic heterocycles. The molecule has 2 aromatic heterocycles. The van der Waals surface area contributed by atoms with E-state index in [1.54, 1.807) is 11.8 Å². The van der Waals surface area contributed by atoms with Crippen molar-refractivity contribution < 1.29 is 27.4 Å². The van der Waals surface area contributed by atoms with Gasteiger partial charge < -0.3 is 20.1 Å². The standard InChI is InChI=1S/C18H19F3N7O3/c1-9-10(2)31-17(29)28(9)13-7-12(24-16(25-13)27-3-5-30-6-4-27)11-8-23-15(22)26-14(11)18(19,20)21/h7-10H,1,3-6H2,2H3,(H2,22,23,26)/t9-,10+/m0/s1. The molecule has 13 heteroatoms. The Labute approximate surface area is 175 Å². The van der Waals surface area contributed by atoms with Gasteiger partial charge in [0.25, 0.3) is 0 Å². The maximum absolute atomic E-state index is 13.6. The van der Waals surface area contributed by atoms with Gasteiger partial charge in [-0.05, 0) is 13.8 Å². The predicted molar refractivity (Wildman–Crippen MR) is 103 cm³/mol. The van der Waals surface area contributed by atoms with Crippen LogP contribution in [0.3, 0.4) is 0 Å². The second kappa shape index (κ2) is 7.80. The number of hydrogen-bond acceptors (Lipinski definition) is 9. The van der Waals surface area contributed by atoms with Gasteiger partial charge in [-0.25, -0.2) is 19.7 Å². The number of rotatable bonds is 3. The lowest BCUT2D eigenvalue weighted by molar-refractivity contribution is -0.140. The summed E-state index contributed by atoms with van der Waals surface area (Å²) in [5.74, 6) is -0.320. The largest absolute Gasteiger partial charge is 0.444 e. The van der Waals surface area contributed by atoms with Crippen LogP contribution in [-0.2, 0) is 15.7 Å². The Morgan fingerprint density at radius 2 is 1.94 bits per heavy atom. The Balaban J connectivity index is 1.88. The van der Waals surface area contributed by atoms with Crippen LogP contribution in [0.2, 0.25) is 0 Å². The third kappa shape index (κ3) is 4.04. The SMILES string of the molecule is [CH2][C@H]1[C@@H](C)OC(=O)N1c1cc(-c2cnc(N)nc2C(F)(F)F)nc(N2CCOCC2)n1. The first kappa shape index (κ1) is 21.0. The third-order valence-electron chi connectivity index (χ3n) is 4.95. The molecule has 2 aromatic rings. The highest BCUT2D eigenvalue weighted by Gasteiger charge is 2.40. The van der Waals surface area contributed by atoms with Gasteiger partial charge in [-0.3, -0.25) is 4.90 Å². The number of aromatic nitrogens is 4. The van der Waals surface area contributed by atoms with Gasteiger partial charge in [0.05, 0.1) is 24.9 Å². The van der Waals surface area contributed by atoms with Gasteiger partial charge in [0.2, 0.25) is 11.9 Å². The molecule has 2 N–H and O–H groups in total. The summed E-state index contributed by atoms with van der Waals surface area (Å²) in [6, 6.07) is 0.628. The van der Waals surface area contributed by atoms with Crippen LogP contribution in [0.1, 0.15) is 12.6 Å². The number of morpholine rings is 1. The molecule has 31 heavy (non-hydrogen) atoms. The van der Waals surface area contributed by atoms with E-state index in [1.807, 2.05) is 0 Å². The van der Waals surface area contributed by atoms with Crippen LogP contribution >= 0.6 is 0 Å². The minimum absolute atomic E-state index is 0.0609. The molecule has 4 heterocycles. The van der Waals surface area contributed by atoms with Crippen molar-refractivity contribution in [2.24, 2.45) is 0 Å². The van der Waals surface area contributed by atoms with E-state index in [4.69, 9.17) is 15.2 Å². The number of cyclic esters (lactones) is 1. The number of nitrogens with two attached hydrogens (primary N) is 1. The van der Waals surface area contributed by atoms with Gasteiger partial charge >= 0.3 is 12.3 Å². The summed E-state index contributed by atoms with van der Waals surface area (Å²) in [5.41, 5.74) is 3.64. The first-order valence-corrected chi connectivity index (χ1v) is 9.40. The topological polar surface area (TPSA) is 120 Å². The zero-order valence-corrected chi connectivity index (χ0v) is 16.5. The molecule has 2 fully saturated rings. The molecule has 2 aliphatic rings. The van der Waals surface area contributed by atoms with Crippen molar-refractivity contribution in [3.05, 3.63) is 24.9 Å². The van der Waals surface area contributed by atoms with E-state index >= 15 is 0 Å². The summed E-state index contributed by atoms with van der Waals surface area (Å²) in [7, 11) is 0. The van der Waals surface area contributed by atoms with Crippen LogP contribution in [0, 0.1) is 6.92 Å².